The number of rotatable bonds is 0. The van der Waals surface area contributed by atoms with Gasteiger partial charge in [-0.05, 0) is 23.7 Å². The van der Waals surface area contributed by atoms with Crippen molar-refractivity contribution in [3.63, 3.8) is 0 Å². The Hall–Kier alpha value is -0.570. The van der Waals surface area contributed by atoms with Crippen molar-refractivity contribution in [3.8, 4) is 0 Å². The van der Waals surface area contributed by atoms with Crippen molar-refractivity contribution in [3.05, 3.63) is 0 Å². The van der Waals surface area contributed by atoms with Gasteiger partial charge in [0.15, 0.2) is 0 Å². The van der Waals surface area contributed by atoms with E-state index >= 15 is 0 Å². The number of fused-ring (bicyclic) bond motifs is 1. The van der Waals surface area contributed by atoms with Gasteiger partial charge in [-0.2, -0.15) is 0 Å². The highest BCUT2D eigenvalue weighted by atomic mass is 16.2. The first-order valence-corrected chi connectivity index (χ1v) is 5.09. The quantitative estimate of drug-likeness (QED) is 0.555. The summed E-state index contributed by atoms with van der Waals surface area (Å²) in [5.74, 6) is 1.56. The first kappa shape index (κ1) is 7.80. The lowest BCUT2D eigenvalue weighted by molar-refractivity contribution is -0.122. The van der Waals surface area contributed by atoms with E-state index in [1.165, 1.54) is 0 Å². The highest BCUT2D eigenvalue weighted by molar-refractivity contribution is 5.83. The summed E-state index contributed by atoms with van der Waals surface area (Å²) < 4.78 is 0. The number of carbonyl (C=O) groups excluding carboxylic acids is 1. The van der Waals surface area contributed by atoms with E-state index in [1.54, 1.807) is 0 Å². The lowest BCUT2D eigenvalue weighted by Crippen LogP contribution is -2.44. The molecule has 3 aliphatic rings. The highest BCUT2D eigenvalue weighted by Crippen LogP contribution is 2.61. The van der Waals surface area contributed by atoms with Crippen LogP contribution < -0.4 is 11.1 Å². The Labute approximate surface area is 78.1 Å². The summed E-state index contributed by atoms with van der Waals surface area (Å²) in [5.41, 5.74) is 6.40. The average molecular weight is 180 g/mol. The molecule has 3 fully saturated rings. The molecule has 3 nitrogen and oxygen atoms in total. The monoisotopic (exact) mass is 180 g/mol. The molecule has 72 valence electrons. The molecular weight excluding hydrogens is 164 g/mol. The van der Waals surface area contributed by atoms with Crippen LogP contribution in [0.3, 0.4) is 0 Å². The van der Waals surface area contributed by atoms with Crippen molar-refractivity contribution in [2.75, 3.05) is 0 Å². The van der Waals surface area contributed by atoms with E-state index in [2.05, 4.69) is 19.2 Å². The number of nitrogens with one attached hydrogen (secondary N) is 1. The molecule has 1 heterocycles. The molecule has 0 aromatic carbocycles. The zero-order valence-corrected chi connectivity index (χ0v) is 8.08. The Kier molecular flexibility index (Phi) is 1.15. The second-order valence-electron chi connectivity index (χ2n) is 5.41. The molecule has 5 atom stereocenters. The van der Waals surface area contributed by atoms with Crippen molar-refractivity contribution in [2.45, 2.75) is 32.4 Å². The fraction of sp³-hybridized carbons (Fsp3) is 0.900. The maximum absolute atomic E-state index is 11.6. The minimum atomic E-state index is 0.197. The van der Waals surface area contributed by atoms with Crippen molar-refractivity contribution < 1.29 is 4.79 Å². The van der Waals surface area contributed by atoms with Crippen LogP contribution in [0.2, 0.25) is 0 Å². The van der Waals surface area contributed by atoms with Crippen LogP contribution in [-0.2, 0) is 4.79 Å². The molecule has 2 aliphatic carbocycles. The molecule has 13 heavy (non-hydrogen) atoms. The van der Waals surface area contributed by atoms with E-state index in [-0.39, 0.29) is 29.3 Å². The molecule has 2 saturated carbocycles. The van der Waals surface area contributed by atoms with Gasteiger partial charge >= 0.3 is 0 Å². The van der Waals surface area contributed by atoms with Crippen molar-refractivity contribution in [1.82, 2.24) is 5.32 Å². The van der Waals surface area contributed by atoms with Gasteiger partial charge < -0.3 is 11.1 Å². The Morgan fingerprint density at radius 3 is 2.77 bits per heavy atom. The second-order valence-corrected chi connectivity index (χ2v) is 5.41. The molecule has 2 bridgehead atoms. The zero-order chi connectivity index (χ0) is 9.38. The van der Waals surface area contributed by atoms with Gasteiger partial charge in [0.2, 0.25) is 5.91 Å². The number of carbonyl (C=O) groups is 1. The van der Waals surface area contributed by atoms with E-state index in [0.717, 1.165) is 6.42 Å². The minimum absolute atomic E-state index is 0.197. The Morgan fingerprint density at radius 1 is 1.54 bits per heavy atom. The fourth-order valence-corrected chi connectivity index (χ4v) is 4.07. The highest BCUT2D eigenvalue weighted by Gasteiger charge is 2.67. The normalized spacial score (nSPS) is 55.6. The lowest BCUT2D eigenvalue weighted by atomic mass is 9.80. The largest absolute Gasteiger partial charge is 0.351 e. The summed E-state index contributed by atoms with van der Waals surface area (Å²) in [5, 5.41) is 3.05. The fourth-order valence-electron chi connectivity index (χ4n) is 4.07. The molecule has 1 amide bonds. The Morgan fingerprint density at radius 2 is 2.23 bits per heavy atom. The number of nitrogens with two attached hydrogens (primary N) is 1. The minimum Gasteiger partial charge on any atom is -0.351 e. The van der Waals surface area contributed by atoms with Crippen molar-refractivity contribution in [1.29, 1.82) is 0 Å². The van der Waals surface area contributed by atoms with Gasteiger partial charge in [0.05, 0.1) is 0 Å². The standard InChI is InChI=1S/C10H16N2O/c1-10(2)5-3-4-6(10)8(7(5)11)12-9(4)13/h4-8H,3,11H2,1-2H3,(H,12,13)/t4-,5-,6-,7-,8+/m0/s1. The second kappa shape index (κ2) is 1.92. The first-order chi connectivity index (χ1) is 6.03. The molecule has 0 aromatic heterocycles. The smallest absolute Gasteiger partial charge is 0.223 e. The lowest BCUT2D eigenvalue weighted by Gasteiger charge is -2.24. The molecule has 0 aromatic rings. The summed E-state index contributed by atoms with van der Waals surface area (Å²) in [6.07, 6.45) is 1.02. The van der Waals surface area contributed by atoms with Gasteiger partial charge in [-0.1, -0.05) is 13.8 Å². The van der Waals surface area contributed by atoms with Gasteiger partial charge in [0, 0.05) is 18.0 Å². The Bertz CT molecular complexity index is 287. The number of hydrogen-bond donors (Lipinski definition) is 2. The van der Waals surface area contributed by atoms with E-state index in [9.17, 15) is 4.79 Å². The van der Waals surface area contributed by atoms with Crippen LogP contribution >= 0.6 is 0 Å². The van der Waals surface area contributed by atoms with Crippen LogP contribution in [0.4, 0.5) is 0 Å². The third-order valence-corrected chi connectivity index (χ3v) is 4.67. The van der Waals surface area contributed by atoms with E-state index in [0.29, 0.717) is 11.8 Å². The molecule has 3 heteroatoms. The van der Waals surface area contributed by atoms with Gasteiger partial charge in [-0.15, -0.1) is 0 Å². The third kappa shape index (κ3) is 0.654. The summed E-state index contributed by atoms with van der Waals surface area (Å²) in [6.45, 7) is 4.53. The van der Waals surface area contributed by atoms with E-state index in [1.807, 2.05) is 0 Å². The molecule has 3 rings (SSSR count). The maximum atomic E-state index is 11.6. The number of amides is 1. The van der Waals surface area contributed by atoms with Gasteiger partial charge in [-0.3, -0.25) is 4.79 Å². The molecule has 1 aliphatic heterocycles. The molecule has 0 spiro atoms. The van der Waals surface area contributed by atoms with Crippen molar-refractivity contribution in [2.24, 2.45) is 28.9 Å². The van der Waals surface area contributed by atoms with Crippen LogP contribution in [0, 0.1) is 23.2 Å². The SMILES string of the molecule is CC1(C)[C@@H]2[C@H]3NC(=O)[C@H]2C[C@H]1[C@@H]3N. The summed E-state index contributed by atoms with van der Waals surface area (Å²) in [7, 11) is 0. The summed E-state index contributed by atoms with van der Waals surface area (Å²) in [6, 6.07) is 0.467. The average Bonchev–Trinajstić information content (AvgIpc) is 2.51. The van der Waals surface area contributed by atoms with Crippen LogP contribution in [0.15, 0.2) is 0 Å². The first-order valence-electron chi connectivity index (χ1n) is 5.09. The van der Waals surface area contributed by atoms with E-state index in [4.69, 9.17) is 5.73 Å². The molecule has 0 unspecified atom stereocenters. The summed E-state index contributed by atoms with van der Waals surface area (Å²) >= 11 is 0. The molecule has 3 N–H and O–H groups in total. The maximum Gasteiger partial charge on any atom is 0.223 e. The predicted molar refractivity (Wildman–Crippen MR) is 48.8 cm³/mol. The topological polar surface area (TPSA) is 55.1 Å². The van der Waals surface area contributed by atoms with Crippen molar-refractivity contribution >= 4 is 5.91 Å². The van der Waals surface area contributed by atoms with E-state index < -0.39 is 0 Å². The summed E-state index contributed by atoms with van der Waals surface area (Å²) in [4.78, 5) is 11.6. The molecular formula is C10H16N2O. The van der Waals surface area contributed by atoms with Crippen LogP contribution in [-0.4, -0.2) is 18.0 Å². The zero-order valence-electron chi connectivity index (χ0n) is 8.08. The number of hydrogen-bond acceptors (Lipinski definition) is 2. The molecule has 1 saturated heterocycles. The van der Waals surface area contributed by atoms with Gasteiger partial charge in [0.1, 0.15) is 0 Å². The van der Waals surface area contributed by atoms with Crippen LogP contribution in [0.25, 0.3) is 0 Å². The van der Waals surface area contributed by atoms with Gasteiger partial charge in [0.25, 0.3) is 0 Å². The van der Waals surface area contributed by atoms with Gasteiger partial charge in [-0.25, -0.2) is 0 Å². The Balaban J connectivity index is 2.10. The van der Waals surface area contributed by atoms with Crippen LogP contribution in [0.5, 0.6) is 0 Å². The predicted octanol–water partition coefficient (Wildman–Crippen LogP) is 0.104. The molecule has 0 radical (unpaired) electrons. The van der Waals surface area contributed by atoms with Crippen LogP contribution in [0.1, 0.15) is 20.3 Å². The third-order valence-electron chi connectivity index (χ3n) is 4.67.